The predicted molar refractivity (Wildman–Crippen MR) is 63.9 cm³/mol. The molecule has 0 aromatic rings. The van der Waals surface area contributed by atoms with Crippen LogP contribution in [-0.2, 0) is 31.6 Å². The Labute approximate surface area is 122 Å². The molecule has 7 N–H and O–H groups in total. The zero-order valence-corrected chi connectivity index (χ0v) is 13.0. The van der Waals surface area contributed by atoms with E-state index in [0.29, 0.717) is 0 Å². The molecule has 0 spiro atoms. The van der Waals surface area contributed by atoms with Crippen LogP contribution in [0.4, 0.5) is 0 Å². The van der Waals surface area contributed by atoms with E-state index in [1.165, 1.54) is 0 Å². The van der Waals surface area contributed by atoms with E-state index in [-0.39, 0.29) is 6.29 Å². The van der Waals surface area contributed by atoms with Gasteiger partial charge in [0.2, 0.25) is 0 Å². The maximum Gasteiger partial charge on any atom is 0.490 e. The first-order chi connectivity index (χ1) is 9.73. The van der Waals surface area contributed by atoms with E-state index in [1.54, 1.807) is 0 Å². The summed E-state index contributed by atoms with van der Waals surface area (Å²) in [5.41, 5.74) is 0. The molecule has 17 heteroatoms. The molecule has 14 nitrogen and oxygen atoms in total. The van der Waals surface area contributed by atoms with Gasteiger partial charge < -0.3 is 39.7 Å². The van der Waals surface area contributed by atoms with E-state index in [2.05, 4.69) is 13.1 Å². The Hall–Kier alpha value is -0.0400. The molecule has 0 bridgehead atoms. The number of carbonyl (C=O) groups is 1. The first kappa shape index (κ1) is 22.0. The van der Waals surface area contributed by atoms with Crippen LogP contribution < -0.4 is 0 Å². The fourth-order valence-electron chi connectivity index (χ4n) is 0.994. The van der Waals surface area contributed by atoms with Crippen LogP contribution in [0.3, 0.4) is 0 Å². The molecule has 0 saturated carbocycles. The van der Waals surface area contributed by atoms with E-state index in [9.17, 15) is 23.6 Å². The Morgan fingerprint density at radius 2 is 1.45 bits per heavy atom. The van der Waals surface area contributed by atoms with E-state index in [4.69, 9.17) is 29.8 Å². The predicted octanol–water partition coefficient (Wildman–Crippen LogP) is -2.39. The molecule has 0 aliphatic rings. The highest BCUT2D eigenvalue weighted by Crippen LogP contribution is 2.66. The summed E-state index contributed by atoms with van der Waals surface area (Å²) in [6.45, 7) is -1.15. The normalized spacial score (nSPS) is 22.1. The smallest absolute Gasteiger partial charge is 0.394 e. The number of aliphatic hydroxyl groups is 3. The number of phosphoric ester groups is 1. The minimum Gasteiger partial charge on any atom is -0.394 e. The van der Waals surface area contributed by atoms with E-state index >= 15 is 0 Å². The molecular weight excluding hydrogens is 377 g/mol. The molecule has 0 aliphatic heterocycles. The average Bonchev–Trinajstić information content (AvgIpc) is 2.29. The second-order valence-electron chi connectivity index (χ2n) is 3.54. The first-order valence-corrected chi connectivity index (χ1v) is 9.49. The third-order valence-corrected chi connectivity index (χ3v) is 5.55. The highest BCUT2D eigenvalue weighted by molar-refractivity contribution is 7.66. The van der Waals surface area contributed by atoms with Gasteiger partial charge in [0.25, 0.3) is 0 Å². The van der Waals surface area contributed by atoms with Crippen molar-refractivity contribution < 1.29 is 66.5 Å². The molecular formula is C5H13O14P3. The van der Waals surface area contributed by atoms with Crippen molar-refractivity contribution in [3.8, 4) is 0 Å². The highest BCUT2D eigenvalue weighted by atomic mass is 31.3. The van der Waals surface area contributed by atoms with Gasteiger partial charge in [-0.15, -0.1) is 0 Å². The molecule has 0 amide bonds. The lowest BCUT2D eigenvalue weighted by molar-refractivity contribution is -0.126. The molecule has 0 saturated heterocycles. The second kappa shape index (κ2) is 8.18. The number of rotatable bonds is 10. The first-order valence-electron chi connectivity index (χ1n) is 4.97. The van der Waals surface area contributed by atoms with Gasteiger partial charge in [-0.25, -0.2) is 13.7 Å². The van der Waals surface area contributed by atoms with Crippen LogP contribution in [0.1, 0.15) is 0 Å². The summed E-state index contributed by atoms with van der Waals surface area (Å²) in [4.78, 5) is 44.9. The molecule has 0 aliphatic carbocycles. The van der Waals surface area contributed by atoms with Gasteiger partial charge in [-0.1, -0.05) is 0 Å². The maximum absolute atomic E-state index is 11.4. The summed E-state index contributed by atoms with van der Waals surface area (Å²) in [5.74, 6) is 0. The molecule has 0 aromatic carbocycles. The van der Waals surface area contributed by atoms with Gasteiger partial charge in [0.1, 0.15) is 18.3 Å². The van der Waals surface area contributed by atoms with E-state index in [1.807, 2.05) is 0 Å². The lowest BCUT2D eigenvalue weighted by atomic mass is 10.1. The van der Waals surface area contributed by atoms with Gasteiger partial charge in [-0.2, -0.15) is 8.62 Å². The van der Waals surface area contributed by atoms with Crippen molar-refractivity contribution in [2.24, 2.45) is 0 Å². The Morgan fingerprint density at radius 1 is 0.955 bits per heavy atom. The molecule has 5 atom stereocenters. The van der Waals surface area contributed by atoms with Crippen LogP contribution in [-0.4, -0.2) is 66.1 Å². The summed E-state index contributed by atoms with van der Waals surface area (Å²) >= 11 is 0. The Balaban J connectivity index is 5.14. The average molecular weight is 390 g/mol. The monoisotopic (exact) mass is 390 g/mol. The minimum atomic E-state index is -5.78. The Bertz CT molecular complexity index is 511. The second-order valence-corrected chi connectivity index (χ2v) is 7.91. The van der Waals surface area contributed by atoms with Crippen LogP contribution in [0.5, 0.6) is 0 Å². The van der Waals surface area contributed by atoms with Crippen LogP contribution >= 0.6 is 23.5 Å². The topological polar surface area (TPSA) is 238 Å². The largest absolute Gasteiger partial charge is 0.490 e. The van der Waals surface area contributed by atoms with Crippen LogP contribution in [0.2, 0.25) is 0 Å². The summed E-state index contributed by atoms with van der Waals surface area (Å²) < 4.78 is 43.5. The van der Waals surface area contributed by atoms with Gasteiger partial charge in [-0.05, 0) is 0 Å². The Kier molecular flexibility index (Phi) is 8.16. The molecule has 22 heavy (non-hydrogen) atoms. The standard InChI is InChI=1S/C5H13O14P3/c6-1-3(8)5(4(9)2-7)17-21(13,14)19-22(15,16)18-20(10,11)12/h1,3-5,7-9H,2H2,(H,13,14)(H,15,16)(H2,10,11,12)/t3-,4+,5-/m0/s1. The van der Waals surface area contributed by atoms with Crippen molar-refractivity contribution in [2.75, 3.05) is 6.61 Å². The van der Waals surface area contributed by atoms with Gasteiger partial charge in [0.15, 0.2) is 6.29 Å². The van der Waals surface area contributed by atoms with Gasteiger partial charge >= 0.3 is 23.5 Å². The third-order valence-electron chi connectivity index (χ3n) is 1.71. The van der Waals surface area contributed by atoms with E-state index in [0.717, 1.165) is 0 Å². The molecule has 0 aromatic heterocycles. The zero-order chi connectivity index (χ0) is 17.8. The van der Waals surface area contributed by atoms with Crippen molar-refractivity contribution in [1.29, 1.82) is 0 Å². The van der Waals surface area contributed by atoms with Crippen molar-refractivity contribution in [1.82, 2.24) is 0 Å². The number of aliphatic hydroxyl groups excluding tert-OH is 3. The lowest BCUT2D eigenvalue weighted by Gasteiger charge is -2.25. The van der Waals surface area contributed by atoms with Gasteiger partial charge in [-0.3, -0.25) is 4.52 Å². The number of hydrogen-bond acceptors (Lipinski definition) is 10. The Morgan fingerprint density at radius 3 is 1.82 bits per heavy atom. The number of carbonyl (C=O) groups excluding carboxylic acids is 1. The molecule has 0 fully saturated rings. The third kappa shape index (κ3) is 8.56. The lowest BCUT2D eigenvalue weighted by Crippen LogP contribution is -2.42. The molecule has 0 heterocycles. The molecule has 0 rings (SSSR count). The highest BCUT2D eigenvalue weighted by Gasteiger charge is 2.44. The van der Waals surface area contributed by atoms with E-state index < -0.39 is 48.4 Å². The van der Waals surface area contributed by atoms with Crippen molar-refractivity contribution in [3.63, 3.8) is 0 Å². The van der Waals surface area contributed by atoms with Gasteiger partial charge in [0.05, 0.1) is 6.61 Å². The fourth-order valence-corrected chi connectivity index (χ4v) is 4.23. The van der Waals surface area contributed by atoms with Crippen LogP contribution in [0.25, 0.3) is 0 Å². The summed E-state index contributed by atoms with van der Waals surface area (Å²) in [6, 6.07) is 0. The summed E-state index contributed by atoms with van der Waals surface area (Å²) in [6.07, 6.45) is -6.83. The number of aldehydes is 1. The van der Waals surface area contributed by atoms with Crippen LogP contribution in [0, 0.1) is 0 Å². The maximum atomic E-state index is 11.4. The molecule has 2 unspecified atom stereocenters. The minimum absolute atomic E-state index is 0.256. The SMILES string of the molecule is O=C[C@H](O)[C@H](OP(=O)(O)OP(=O)(O)OP(=O)(O)O)[C@H](O)CO. The number of hydrogen-bond donors (Lipinski definition) is 7. The quantitative estimate of drug-likeness (QED) is 0.152. The van der Waals surface area contributed by atoms with Crippen molar-refractivity contribution in [3.05, 3.63) is 0 Å². The molecule has 0 radical (unpaired) electrons. The van der Waals surface area contributed by atoms with Crippen LogP contribution in [0.15, 0.2) is 0 Å². The molecule has 132 valence electrons. The zero-order valence-electron chi connectivity index (χ0n) is 10.3. The summed E-state index contributed by atoms with van der Waals surface area (Å²) in [5, 5.41) is 27.0. The summed E-state index contributed by atoms with van der Waals surface area (Å²) in [7, 11) is -17.0. The van der Waals surface area contributed by atoms with Gasteiger partial charge in [0, 0.05) is 0 Å². The number of phosphoric acid groups is 3. The van der Waals surface area contributed by atoms with Crippen molar-refractivity contribution >= 4 is 29.8 Å². The van der Waals surface area contributed by atoms with Crippen molar-refractivity contribution in [2.45, 2.75) is 18.3 Å². The fraction of sp³-hybridized carbons (Fsp3) is 0.800.